The highest BCUT2D eigenvalue weighted by Crippen LogP contribution is 2.26. The molecule has 1 saturated heterocycles. The molecule has 1 amide bonds. The number of oxazole rings is 1. The van der Waals surface area contributed by atoms with Gasteiger partial charge in [-0.2, -0.15) is 0 Å². The summed E-state index contributed by atoms with van der Waals surface area (Å²) in [4.78, 5) is 22.0. The third-order valence-electron chi connectivity index (χ3n) is 6.09. The van der Waals surface area contributed by atoms with E-state index in [0.717, 1.165) is 79.6 Å². The standard InChI is InChI=1S/C27H34N4O2/c1-3-10-24-27(22-12-5-4-6-13-22)29-26(33-24)20-31-16-9-15-30(17-18-31)19-25(32)28-23-14-8-7-11-21(23)2/h4-8,11-14H,3,9-10,15-20H2,1-2H3,(H,28,32). The molecule has 0 spiro atoms. The van der Waals surface area contributed by atoms with Crippen molar-refractivity contribution in [2.45, 2.75) is 39.7 Å². The van der Waals surface area contributed by atoms with Gasteiger partial charge in [0.25, 0.3) is 0 Å². The minimum Gasteiger partial charge on any atom is -0.444 e. The lowest BCUT2D eigenvalue weighted by Gasteiger charge is -2.20. The Morgan fingerprint density at radius 2 is 1.73 bits per heavy atom. The zero-order valence-electron chi connectivity index (χ0n) is 19.7. The number of nitrogens with one attached hydrogen (secondary N) is 1. The lowest BCUT2D eigenvalue weighted by Crippen LogP contribution is -2.36. The highest BCUT2D eigenvalue weighted by molar-refractivity contribution is 5.92. The van der Waals surface area contributed by atoms with E-state index in [1.54, 1.807) is 0 Å². The summed E-state index contributed by atoms with van der Waals surface area (Å²) < 4.78 is 6.19. The molecule has 0 radical (unpaired) electrons. The Hall–Kier alpha value is -2.96. The summed E-state index contributed by atoms with van der Waals surface area (Å²) in [6.45, 7) is 8.93. The van der Waals surface area contributed by atoms with Gasteiger partial charge in [-0.25, -0.2) is 4.98 Å². The van der Waals surface area contributed by atoms with E-state index >= 15 is 0 Å². The Morgan fingerprint density at radius 3 is 2.52 bits per heavy atom. The molecular weight excluding hydrogens is 412 g/mol. The Labute approximate surface area is 196 Å². The predicted molar refractivity (Wildman–Crippen MR) is 132 cm³/mol. The predicted octanol–water partition coefficient (Wildman–Crippen LogP) is 4.75. The van der Waals surface area contributed by atoms with Crippen molar-refractivity contribution in [3.8, 4) is 11.3 Å². The number of rotatable bonds is 8. The quantitative estimate of drug-likeness (QED) is 0.541. The third-order valence-corrected chi connectivity index (χ3v) is 6.09. The molecule has 6 nitrogen and oxygen atoms in total. The van der Waals surface area contributed by atoms with Gasteiger partial charge in [0, 0.05) is 30.8 Å². The van der Waals surface area contributed by atoms with Crippen molar-refractivity contribution in [3.63, 3.8) is 0 Å². The van der Waals surface area contributed by atoms with E-state index in [4.69, 9.17) is 9.40 Å². The Kier molecular flexibility index (Phi) is 7.92. The molecule has 33 heavy (non-hydrogen) atoms. The van der Waals surface area contributed by atoms with Gasteiger partial charge in [-0.15, -0.1) is 0 Å². The molecule has 6 heteroatoms. The van der Waals surface area contributed by atoms with Crippen LogP contribution in [0, 0.1) is 6.92 Å². The van der Waals surface area contributed by atoms with Gasteiger partial charge in [0.2, 0.25) is 11.8 Å². The van der Waals surface area contributed by atoms with E-state index in [-0.39, 0.29) is 5.91 Å². The molecule has 2 heterocycles. The minimum absolute atomic E-state index is 0.0437. The van der Waals surface area contributed by atoms with Gasteiger partial charge in [-0.1, -0.05) is 55.5 Å². The Morgan fingerprint density at radius 1 is 1.00 bits per heavy atom. The van der Waals surface area contributed by atoms with Crippen LogP contribution in [0.25, 0.3) is 11.3 Å². The molecule has 1 aromatic heterocycles. The van der Waals surface area contributed by atoms with Crippen molar-refractivity contribution in [1.82, 2.24) is 14.8 Å². The van der Waals surface area contributed by atoms with Crippen molar-refractivity contribution in [2.24, 2.45) is 0 Å². The van der Waals surface area contributed by atoms with Gasteiger partial charge in [-0.05, 0) is 44.5 Å². The highest BCUT2D eigenvalue weighted by atomic mass is 16.4. The summed E-state index contributed by atoms with van der Waals surface area (Å²) in [6.07, 6.45) is 2.93. The van der Waals surface area contributed by atoms with Crippen LogP contribution in [-0.4, -0.2) is 53.4 Å². The molecule has 0 saturated carbocycles. The van der Waals surface area contributed by atoms with E-state index in [1.165, 1.54) is 0 Å². The summed E-state index contributed by atoms with van der Waals surface area (Å²) in [5.74, 6) is 1.80. The van der Waals surface area contributed by atoms with Crippen molar-refractivity contribution < 1.29 is 9.21 Å². The van der Waals surface area contributed by atoms with E-state index in [0.29, 0.717) is 13.1 Å². The number of carbonyl (C=O) groups is 1. The van der Waals surface area contributed by atoms with Crippen LogP contribution < -0.4 is 5.32 Å². The van der Waals surface area contributed by atoms with Crippen molar-refractivity contribution >= 4 is 11.6 Å². The second kappa shape index (κ2) is 11.3. The smallest absolute Gasteiger partial charge is 0.238 e. The van der Waals surface area contributed by atoms with Crippen LogP contribution in [0.1, 0.15) is 37.0 Å². The fourth-order valence-corrected chi connectivity index (χ4v) is 4.32. The lowest BCUT2D eigenvalue weighted by atomic mass is 10.1. The number of benzene rings is 2. The first-order chi connectivity index (χ1) is 16.1. The third kappa shape index (κ3) is 6.30. The Balaban J connectivity index is 1.34. The molecule has 0 bridgehead atoms. The van der Waals surface area contributed by atoms with Crippen LogP contribution in [-0.2, 0) is 17.8 Å². The van der Waals surface area contributed by atoms with Crippen LogP contribution in [0.3, 0.4) is 0 Å². The molecule has 3 aromatic rings. The summed E-state index contributed by atoms with van der Waals surface area (Å²) in [6, 6.07) is 18.2. The van der Waals surface area contributed by atoms with Gasteiger partial charge in [0.05, 0.1) is 13.1 Å². The molecule has 1 aliphatic heterocycles. The average molecular weight is 447 g/mol. The van der Waals surface area contributed by atoms with Crippen molar-refractivity contribution in [3.05, 3.63) is 71.8 Å². The number of hydrogen-bond donors (Lipinski definition) is 1. The largest absolute Gasteiger partial charge is 0.444 e. The van der Waals surface area contributed by atoms with Gasteiger partial charge < -0.3 is 9.73 Å². The molecule has 1 aliphatic rings. The lowest BCUT2D eigenvalue weighted by molar-refractivity contribution is -0.117. The summed E-state index contributed by atoms with van der Waals surface area (Å²) in [5.41, 5.74) is 4.05. The molecular formula is C27H34N4O2. The number of nitrogens with zero attached hydrogens (tertiary/aromatic N) is 3. The first-order valence-electron chi connectivity index (χ1n) is 12.0. The van der Waals surface area contributed by atoms with Crippen LogP contribution in [0.15, 0.2) is 59.0 Å². The van der Waals surface area contributed by atoms with E-state index in [2.05, 4.69) is 34.2 Å². The van der Waals surface area contributed by atoms with Crippen molar-refractivity contribution in [1.29, 1.82) is 0 Å². The van der Waals surface area contributed by atoms with Gasteiger partial charge in [0.15, 0.2) is 0 Å². The molecule has 1 N–H and O–H groups in total. The first kappa shape index (κ1) is 23.2. The number of aryl methyl sites for hydroxylation is 2. The Bertz CT molecular complexity index is 1050. The number of aromatic nitrogens is 1. The fraction of sp³-hybridized carbons (Fsp3) is 0.407. The topological polar surface area (TPSA) is 61.6 Å². The maximum atomic E-state index is 12.6. The summed E-state index contributed by atoms with van der Waals surface area (Å²) in [5, 5.41) is 3.05. The van der Waals surface area contributed by atoms with Gasteiger partial charge in [-0.3, -0.25) is 14.6 Å². The second-order valence-corrected chi connectivity index (χ2v) is 8.76. The van der Waals surface area contributed by atoms with Crippen molar-refractivity contribution in [2.75, 3.05) is 38.0 Å². The monoisotopic (exact) mass is 446 g/mol. The molecule has 0 unspecified atom stereocenters. The number of anilines is 1. The van der Waals surface area contributed by atoms with E-state index in [1.807, 2.05) is 49.4 Å². The normalized spacial score (nSPS) is 15.3. The molecule has 0 atom stereocenters. The van der Waals surface area contributed by atoms with E-state index in [9.17, 15) is 4.79 Å². The molecule has 4 rings (SSSR count). The minimum atomic E-state index is 0.0437. The number of carbonyl (C=O) groups excluding carboxylic acids is 1. The van der Waals surface area contributed by atoms with Crippen LogP contribution >= 0.6 is 0 Å². The maximum Gasteiger partial charge on any atom is 0.238 e. The number of para-hydroxylation sites is 1. The average Bonchev–Trinajstić information content (AvgIpc) is 3.08. The first-order valence-corrected chi connectivity index (χ1v) is 12.0. The maximum absolute atomic E-state index is 12.6. The molecule has 0 aliphatic carbocycles. The SMILES string of the molecule is CCCc1oc(CN2CCCN(CC(=O)Nc3ccccc3C)CC2)nc1-c1ccccc1. The molecule has 174 valence electrons. The molecule has 1 fully saturated rings. The van der Waals surface area contributed by atoms with Crippen LogP contribution in [0.4, 0.5) is 5.69 Å². The zero-order chi connectivity index (χ0) is 23.0. The van der Waals surface area contributed by atoms with Crippen LogP contribution in [0.2, 0.25) is 0 Å². The summed E-state index contributed by atoms with van der Waals surface area (Å²) >= 11 is 0. The van der Waals surface area contributed by atoms with Gasteiger partial charge >= 0.3 is 0 Å². The fourth-order valence-electron chi connectivity index (χ4n) is 4.32. The van der Waals surface area contributed by atoms with Crippen LogP contribution in [0.5, 0.6) is 0 Å². The number of amides is 1. The van der Waals surface area contributed by atoms with Gasteiger partial charge in [0.1, 0.15) is 11.5 Å². The summed E-state index contributed by atoms with van der Waals surface area (Å²) in [7, 11) is 0. The zero-order valence-corrected chi connectivity index (χ0v) is 19.7. The highest BCUT2D eigenvalue weighted by Gasteiger charge is 2.21. The second-order valence-electron chi connectivity index (χ2n) is 8.76. The van der Waals surface area contributed by atoms with E-state index < -0.39 is 0 Å². The number of hydrogen-bond acceptors (Lipinski definition) is 5. The molecule has 2 aromatic carbocycles.